The Morgan fingerprint density at radius 2 is 1.64 bits per heavy atom. The monoisotopic (exact) mass is 344 g/mol. The highest BCUT2D eigenvalue weighted by Gasteiger charge is 2.52. The van der Waals surface area contributed by atoms with Gasteiger partial charge in [-0.3, -0.25) is 0 Å². The Morgan fingerprint density at radius 1 is 1.09 bits per heavy atom. The normalized spacial score (nSPS) is 49.1. The molecule has 2 atom stereocenters. The van der Waals surface area contributed by atoms with E-state index >= 15 is 0 Å². The minimum atomic E-state index is 0.541. The molecule has 0 heterocycles. The zero-order valence-electron chi connectivity index (χ0n) is 6.14. The van der Waals surface area contributed by atoms with Gasteiger partial charge in [0.1, 0.15) is 0 Å². The first-order valence-corrected chi connectivity index (χ1v) is 6.88. The average Bonchev–Trinajstić information content (AvgIpc) is 2.02. The van der Waals surface area contributed by atoms with E-state index in [9.17, 15) is 0 Å². The lowest BCUT2D eigenvalue weighted by atomic mass is 9.58. The highest BCUT2D eigenvalue weighted by molar-refractivity contribution is 9.24. The van der Waals surface area contributed by atoms with Crippen LogP contribution in [0.25, 0.3) is 0 Å². The first-order valence-electron chi connectivity index (χ1n) is 4.14. The van der Waals surface area contributed by atoms with Gasteiger partial charge in [0.25, 0.3) is 0 Å². The van der Waals surface area contributed by atoms with Gasteiger partial charge in [-0.05, 0) is 30.6 Å². The van der Waals surface area contributed by atoms with Gasteiger partial charge < -0.3 is 0 Å². The Bertz CT molecular complexity index is 145. The van der Waals surface area contributed by atoms with Gasteiger partial charge in [0.2, 0.25) is 0 Å². The summed E-state index contributed by atoms with van der Waals surface area (Å²) in [5.74, 6) is 2.74. The maximum atomic E-state index is 3.77. The van der Waals surface area contributed by atoms with Crippen molar-refractivity contribution in [1.29, 1.82) is 0 Å². The lowest BCUT2D eigenvalue weighted by molar-refractivity contribution is 0.0437. The zero-order chi connectivity index (χ0) is 8.01. The fourth-order valence-corrected chi connectivity index (χ4v) is 5.38. The second kappa shape index (κ2) is 3.30. The average molecular weight is 347 g/mol. The molecule has 3 aliphatic carbocycles. The molecule has 0 amide bonds. The fraction of sp³-hybridized carbons (Fsp3) is 1.00. The Hall–Kier alpha value is 1.44. The number of rotatable bonds is 1. The summed E-state index contributed by atoms with van der Waals surface area (Å²) in [5, 5.41) is 0. The van der Waals surface area contributed by atoms with Gasteiger partial charge >= 0.3 is 0 Å². The third-order valence-corrected chi connectivity index (χ3v) is 5.75. The SMILES string of the molecule is BrC(Br)C1[C@@H]2CCC[C@@H]1C2Br. The van der Waals surface area contributed by atoms with Crippen LogP contribution in [0.5, 0.6) is 0 Å². The van der Waals surface area contributed by atoms with Crippen molar-refractivity contribution in [3.63, 3.8) is 0 Å². The maximum absolute atomic E-state index is 3.77. The van der Waals surface area contributed by atoms with Gasteiger partial charge in [-0.1, -0.05) is 54.2 Å². The summed E-state index contributed by atoms with van der Waals surface area (Å²) < 4.78 is 0.541. The first kappa shape index (κ1) is 9.01. The van der Waals surface area contributed by atoms with E-state index in [0.717, 1.165) is 22.6 Å². The van der Waals surface area contributed by atoms with E-state index in [2.05, 4.69) is 47.8 Å². The number of halogens is 3. The number of fused-ring (bicyclic) bond motifs is 2. The molecular formula is C8H11Br3. The van der Waals surface area contributed by atoms with Crippen LogP contribution in [0, 0.1) is 17.8 Å². The zero-order valence-corrected chi connectivity index (χ0v) is 10.9. The predicted molar refractivity (Wildman–Crippen MR) is 58.7 cm³/mol. The summed E-state index contributed by atoms with van der Waals surface area (Å²) in [6.07, 6.45) is 4.29. The summed E-state index contributed by atoms with van der Waals surface area (Å²) in [6.45, 7) is 0. The van der Waals surface area contributed by atoms with E-state index in [0.29, 0.717) is 3.74 Å². The molecule has 0 aromatic heterocycles. The van der Waals surface area contributed by atoms with Crippen LogP contribution >= 0.6 is 47.8 Å². The number of hydrogen-bond donors (Lipinski definition) is 0. The minimum Gasteiger partial charge on any atom is -0.0884 e. The molecule has 3 rings (SSSR count). The van der Waals surface area contributed by atoms with Crippen LogP contribution in [0.1, 0.15) is 19.3 Å². The molecule has 2 bridgehead atoms. The molecular weight excluding hydrogens is 336 g/mol. The van der Waals surface area contributed by atoms with Gasteiger partial charge in [0.05, 0.1) is 3.74 Å². The molecule has 0 aromatic carbocycles. The number of alkyl halides is 3. The molecule has 3 fully saturated rings. The third-order valence-electron chi connectivity index (χ3n) is 3.17. The van der Waals surface area contributed by atoms with Crippen LogP contribution in [0.2, 0.25) is 0 Å². The molecule has 0 spiro atoms. The molecule has 3 saturated carbocycles. The van der Waals surface area contributed by atoms with Crippen LogP contribution in [-0.4, -0.2) is 8.56 Å². The fourth-order valence-electron chi connectivity index (χ4n) is 2.58. The molecule has 11 heavy (non-hydrogen) atoms. The highest BCUT2D eigenvalue weighted by Crippen LogP contribution is 2.57. The van der Waals surface area contributed by atoms with Crippen molar-refractivity contribution < 1.29 is 0 Å². The standard InChI is InChI=1S/C8H11Br3/c9-7-4-2-1-3-5(7)6(4)8(10)11/h4-8H,1-3H2/t4-,5-,6?,7?/m0/s1. The van der Waals surface area contributed by atoms with Gasteiger partial charge in [0, 0.05) is 4.83 Å². The van der Waals surface area contributed by atoms with Crippen molar-refractivity contribution in [2.24, 2.45) is 17.8 Å². The predicted octanol–water partition coefficient (Wildman–Crippen LogP) is 3.91. The lowest BCUT2D eigenvalue weighted by Crippen LogP contribution is -2.53. The van der Waals surface area contributed by atoms with Crippen LogP contribution in [0.3, 0.4) is 0 Å². The first-order chi connectivity index (χ1) is 5.22. The number of hydrogen-bond acceptors (Lipinski definition) is 0. The molecule has 0 aromatic rings. The molecule has 0 nitrogen and oxygen atoms in total. The van der Waals surface area contributed by atoms with Crippen LogP contribution < -0.4 is 0 Å². The Balaban J connectivity index is 2.05. The summed E-state index contributed by atoms with van der Waals surface area (Å²) in [6, 6.07) is 0. The van der Waals surface area contributed by atoms with E-state index in [1.807, 2.05) is 0 Å². The van der Waals surface area contributed by atoms with Crippen molar-refractivity contribution in [1.82, 2.24) is 0 Å². The summed E-state index contributed by atoms with van der Waals surface area (Å²) >= 11 is 11.0. The van der Waals surface area contributed by atoms with Gasteiger partial charge in [0.15, 0.2) is 0 Å². The second-order valence-corrected chi connectivity index (χ2v) is 7.87. The van der Waals surface area contributed by atoms with Crippen LogP contribution in [0.15, 0.2) is 0 Å². The lowest BCUT2D eigenvalue weighted by Gasteiger charge is -2.55. The maximum Gasteiger partial charge on any atom is 0.0732 e. The van der Waals surface area contributed by atoms with E-state index in [1.165, 1.54) is 19.3 Å². The van der Waals surface area contributed by atoms with E-state index in [1.54, 1.807) is 0 Å². The Labute approximate surface area is 92.9 Å². The smallest absolute Gasteiger partial charge is 0.0732 e. The molecule has 0 N–H and O–H groups in total. The topological polar surface area (TPSA) is 0 Å². The molecule has 0 aliphatic heterocycles. The van der Waals surface area contributed by atoms with Crippen molar-refractivity contribution >= 4 is 47.8 Å². The van der Waals surface area contributed by atoms with Crippen LogP contribution in [-0.2, 0) is 0 Å². The minimum absolute atomic E-state index is 0.541. The highest BCUT2D eigenvalue weighted by atomic mass is 79.9. The molecule has 0 saturated heterocycles. The van der Waals surface area contributed by atoms with Crippen molar-refractivity contribution in [3.05, 3.63) is 0 Å². The Morgan fingerprint density at radius 3 is 1.91 bits per heavy atom. The molecule has 0 unspecified atom stereocenters. The second-order valence-electron chi connectivity index (χ2n) is 3.61. The van der Waals surface area contributed by atoms with Crippen molar-refractivity contribution in [3.8, 4) is 0 Å². The van der Waals surface area contributed by atoms with E-state index in [4.69, 9.17) is 0 Å². The van der Waals surface area contributed by atoms with Gasteiger partial charge in [-0.2, -0.15) is 0 Å². The van der Waals surface area contributed by atoms with E-state index < -0.39 is 0 Å². The van der Waals surface area contributed by atoms with Gasteiger partial charge in [-0.15, -0.1) is 0 Å². The van der Waals surface area contributed by atoms with Crippen molar-refractivity contribution in [2.45, 2.75) is 27.8 Å². The Kier molecular flexibility index (Phi) is 2.70. The van der Waals surface area contributed by atoms with Crippen LogP contribution in [0.4, 0.5) is 0 Å². The van der Waals surface area contributed by atoms with Crippen molar-refractivity contribution in [2.75, 3.05) is 0 Å². The largest absolute Gasteiger partial charge is 0.0884 e. The quantitative estimate of drug-likeness (QED) is 0.631. The van der Waals surface area contributed by atoms with Gasteiger partial charge in [-0.25, -0.2) is 0 Å². The third kappa shape index (κ3) is 1.35. The molecule has 0 radical (unpaired) electrons. The van der Waals surface area contributed by atoms with E-state index in [-0.39, 0.29) is 0 Å². The summed E-state index contributed by atoms with van der Waals surface area (Å²) in [7, 11) is 0. The summed E-state index contributed by atoms with van der Waals surface area (Å²) in [4.78, 5) is 0.818. The molecule has 64 valence electrons. The molecule has 3 aliphatic rings. The molecule has 3 heteroatoms. The summed E-state index contributed by atoms with van der Waals surface area (Å²) in [5.41, 5.74) is 0.